The lowest BCUT2D eigenvalue weighted by atomic mass is 10.2. The van der Waals surface area contributed by atoms with Crippen molar-refractivity contribution in [2.75, 3.05) is 20.8 Å². The van der Waals surface area contributed by atoms with Crippen LogP contribution in [-0.2, 0) is 13.1 Å². The van der Waals surface area contributed by atoms with Gasteiger partial charge in [-0.25, -0.2) is 4.99 Å². The zero-order valence-electron chi connectivity index (χ0n) is 13.8. The standard InChI is InChI=1S/C17H23N3O2S/c1-4-18-17(20-12-14-8-6-10-23-14)19-11-13-7-5-9-15(21-2)16(13)22-3/h5-10H,4,11-12H2,1-3H3,(H2,18,19,20). The molecule has 1 aromatic heterocycles. The van der Waals surface area contributed by atoms with Gasteiger partial charge in [0.15, 0.2) is 17.5 Å². The fourth-order valence-corrected chi connectivity index (χ4v) is 2.81. The normalized spacial score (nSPS) is 11.2. The molecule has 23 heavy (non-hydrogen) atoms. The molecular weight excluding hydrogens is 310 g/mol. The summed E-state index contributed by atoms with van der Waals surface area (Å²) in [7, 11) is 3.28. The zero-order chi connectivity index (χ0) is 16.5. The molecule has 0 amide bonds. The number of rotatable bonds is 7. The number of aliphatic imine (C=N–C) groups is 1. The Morgan fingerprint density at radius 3 is 2.65 bits per heavy atom. The maximum Gasteiger partial charge on any atom is 0.191 e. The van der Waals surface area contributed by atoms with Crippen LogP contribution in [0.2, 0.25) is 0 Å². The third kappa shape index (κ3) is 4.89. The molecule has 0 unspecified atom stereocenters. The minimum Gasteiger partial charge on any atom is -0.493 e. The second kappa shape index (κ2) is 9.05. The van der Waals surface area contributed by atoms with E-state index in [4.69, 9.17) is 9.47 Å². The van der Waals surface area contributed by atoms with Crippen LogP contribution in [0.15, 0.2) is 40.7 Å². The second-order valence-electron chi connectivity index (χ2n) is 4.78. The number of methoxy groups -OCH3 is 2. The molecule has 0 radical (unpaired) electrons. The van der Waals surface area contributed by atoms with E-state index in [1.165, 1.54) is 4.88 Å². The zero-order valence-corrected chi connectivity index (χ0v) is 14.6. The SMILES string of the molecule is CCNC(=NCc1cccc(OC)c1OC)NCc1cccs1. The summed E-state index contributed by atoms with van der Waals surface area (Å²) in [6, 6.07) is 9.97. The first kappa shape index (κ1) is 17.1. The average molecular weight is 333 g/mol. The van der Waals surface area contributed by atoms with E-state index < -0.39 is 0 Å². The lowest BCUT2D eigenvalue weighted by Gasteiger charge is -2.13. The van der Waals surface area contributed by atoms with Crippen molar-refractivity contribution >= 4 is 17.3 Å². The van der Waals surface area contributed by atoms with Gasteiger partial charge in [0.05, 0.1) is 27.3 Å². The molecule has 5 nitrogen and oxygen atoms in total. The highest BCUT2D eigenvalue weighted by Crippen LogP contribution is 2.30. The van der Waals surface area contributed by atoms with Gasteiger partial charge in [-0.15, -0.1) is 11.3 Å². The monoisotopic (exact) mass is 333 g/mol. The third-order valence-electron chi connectivity index (χ3n) is 3.25. The largest absolute Gasteiger partial charge is 0.493 e. The summed E-state index contributed by atoms with van der Waals surface area (Å²) in [5, 5.41) is 8.66. The molecule has 6 heteroatoms. The first-order chi connectivity index (χ1) is 11.3. The highest BCUT2D eigenvalue weighted by molar-refractivity contribution is 7.09. The van der Waals surface area contributed by atoms with E-state index in [0.29, 0.717) is 6.54 Å². The van der Waals surface area contributed by atoms with Crippen LogP contribution >= 0.6 is 11.3 Å². The summed E-state index contributed by atoms with van der Waals surface area (Å²) in [5.41, 5.74) is 0.986. The fraction of sp³-hybridized carbons (Fsp3) is 0.353. The van der Waals surface area contributed by atoms with Gasteiger partial charge < -0.3 is 20.1 Å². The topological polar surface area (TPSA) is 54.9 Å². The van der Waals surface area contributed by atoms with Crippen LogP contribution in [0.4, 0.5) is 0 Å². The molecule has 2 N–H and O–H groups in total. The first-order valence-electron chi connectivity index (χ1n) is 7.53. The van der Waals surface area contributed by atoms with Crippen LogP contribution < -0.4 is 20.1 Å². The van der Waals surface area contributed by atoms with Crippen molar-refractivity contribution < 1.29 is 9.47 Å². The predicted octanol–water partition coefficient (Wildman–Crippen LogP) is 3.02. The van der Waals surface area contributed by atoms with E-state index in [2.05, 4.69) is 34.0 Å². The number of thiophene rings is 1. The van der Waals surface area contributed by atoms with Crippen molar-refractivity contribution in [1.82, 2.24) is 10.6 Å². The summed E-state index contributed by atoms with van der Waals surface area (Å²) in [5.74, 6) is 2.23. The summed E-state index contributed by atoms with van der Waals surface area (Å²) >= 11 is 1.73. The minimum atomic E-state index is 0.514. The van der Waals surface area contributed by atoms with Crippen LogP contribution in [0.5, 0.6) is 11.5 Å². The Labute approximate surface area is 141 Å². The number of benzene rings is 1. The number of nitrogens with one attached hydrogen (secondary N) is 2. The molecule has 0 atom stereocenters. The molecule has 0 bridgehead atoms. The quantitative estimate of drug-likeness (QED) is 0.604. The van der Waals surface area contributed by atoms with Gasteiger partial charge in [0.1, 0.15) is 0 Å². The van der Waals surface area contributed by atoms with Gasteiger partial charge >= 0.3 is 0 Å². The molecule has 0 spiro atoms. The van der Waals surface area contributed by atoms with Gasteiger partial charge in [0.2, 0.25) is 0 Å². The molecule has 2 aromatic rings. The molecular formula is C17H23N3O2S. The molecule has 1 heterocycles. The summed E-state index contributed by atoms with van der Waals surface area (Å²) in [6.07, 6.45) is 0. The Kier molecular flexibility index (Phi) is 6.75. The fourth-order valence-electron chi connectivity index (χ4n) is 2.17. The summed E-state index contributed by atoms with van der Waals surface area (Å²) in [6.45, 7) is 4.14. The van der Waals surface area contributed by atoms with Gasteiger partial charge in [-0.05, 0) is 24.4 Å². The van der Waals surface area contributed by atoms with E-state index in [1.807, 2.05) is 24.3 Å². The van der Waals surface area contributed by atoms with E-state index in [9.17, 15) is 0 Å². The van der Waals surface area contributed by atoms with Crippen molar-refractivity contribution in [3.05, 3.63) is 46.2 Å². The van der Waals surface area contributed by atoms with E-state index >= 15 is 0 Å². The molecule has 124 valence electrons. The van der Waals surface area contributed by atoms with E-state index in [1.54, 1.807) is 25.6 Å². The van der Waals surface area contributed by atoms with Crippen molar-refractivity contribution in [3.63, 3.8) is 0 Å². The lowest BCUT2D eigenvalue weighted by molar-refractivity contribution is 0.352. The lowest BCUT2D eigenvalue weighted by Crippen LogP contribution is -2.36. The van der Waals surface area contributed by atoms with Gasteiger partial charge in [0.25, 0.3) is 0 Å². The van der Waals surface area contributed by atoms with Crippen molar-refractivity contribution in [2.45, 2.75) is 20.0 Å². The molecule has 0 fully saturated rings. The summed E-state index contributed by atoms with van der Waals surface area (Å²) < 4.78 is 10.8. The van der Waals surface area contributed by atoms with Crippen molar-refractivity contribution in [1.29, 1.82) is 0 Å². The van der Waals surface area contributed by atoms with Crippen LogP contribution in [0.1, 0.15) is 17.4 Å². The van der Waals surface area contributed by atoms with Crippen LogP contribution in [0, 0.1) is 0 Å². The number of hydrogen-bond donors (Lipinski definition) is 2. The van der Waals surface area contributed by atoms with Crippen molar-refractivity contribution in [2.24, 2.45) is 4.99 Å². The van der Waals surface area contributed by atoms with E-state index in [0.717, 1.165) is 36.1 Å². The van der Waals surface area contributed by atoms with Crippen LogP contribution in [0.3, 0.4) is 0 Å². The number of nitrogens with zero attached hydrogens (tertiary/aromatic N) is 1. The first-order valence-corrected chi connectivity index (χ1v) is 8.40. The second-order valence-corrected chi connectivity index (χ2v) is 5.81. The number of hydrogen-bond acceptors (Lipinski definition) is 4. The molecule has 1 aromatic carbocycles. The number of guanidine groups is 1. The summed E-state index contributed by atoms with van der Waals surface area (Å²) in [4.78, 5) is 5.90. The Balaban J connectivity index is 2.07. The number of para-hydroxylation sites is 1. The molecule has 2 rings (SSSR count). The predicted molar refractivity (Wildman–Crippen MR) is 95.5 cm³/mol. The minimum absolute atomic E-state index is 0.514. The van der Waals surface area contributed by atoms with Crippen LogP contribution in [0.25, 0.3) is 0 Å². The van der Waals surface area contributed by atoms with Gasteiger partial charge in [0, 0.05) is 17.0 Å². The van der Waals surface area contributed by atoms with Gasteiger partial charge in [-0.3, -0.25) is 0 Å². The molecule has 0 saturated carbocycles. The maximum absolute atomic E-state index is 5.45. The Morgan fingerprint density at radius 2 is 2.00 bits per heavy atom. The molecule has 0 saturated heterocycles. The Bertz CT molecular complexity index is 627. The van der Waals surface area contributed by atoms with Gasteiger partial charge in [-0.2, -0.15) is 0 Å². The Hall–Kier alpha value is -2.21. The van der Waals surface area contributed by atoms with E-state index in [-0.39, 0.29) is 0 Å². The molecule has 0 aliphatic heterocycles. The molecule has 0 aliphatic carbocycles. The van der Waals surface area contributed by atoms with Gasteiger partial charge in [-0.1, -0.05) is 18.2 Å². The smallest absolute Gasteiger partial charge is 0.191 e. The van der Waals surface area contributed by atoms with Crippen LogP contribution in [-0.4, -0.2) is 26.7 Å². The third-order valence-corrected chi connectivity index (χ3v) is 4.12. The highest BCUT2D eigenvalue weighted by atomic mass is 32.1. The maximum atomic E-state index is 5.45. The molecule has 0 aliphatic rings. The number of ether oxygens (including phenoxy) is 2. The Morgan fingerprint density at radius 1 is 1.13 bits per heavy atom. The highest BCUT2D eigenvalue weighted by Gasteiger charge is 2.09. The van der Waals surface area contributed by atoms with Crippen molar-refractivity contribution in [3.8, 4) is 11.5 Å². The average Bonchev–Trinajstić information content (AvgIpc) is 3.10.